The van der Waals surface area contributed by atoms with E-state index in [1.165, 1.54) is 23.1 Å². The predicted octanol–water partition coefficient (Wildman–Crippen LogP) is 2.39. The highest BCUT2D eigenvalue weighted by molar-refractivity contribution is 6.23. The van der Waals surface area contributed by atoms with Gasteiger partial charge >= 0.3 is 0 Å². The van der Waals surface area contributed by atoms with E-state index in [1.54, 1.807) is 25.3 Å². The third kappa shape index (κ3) is 3.06. The fourth-order valence-corrected chi connectivity index (χ4v) is 3.91. The molecule has 1 saturated heterocycles. The van der Waals surface area contributed by atoms with Crippen LogP contribution in [0.5, 0.6) is 11.5 Å². The SMILES string of the molecule is COc1ccc(OC)c(N2C(=O)C[C@@H](N3CCc4ccccc4C3)C2=O)c1. The number of anilines is 1. The number of hydrogen-bond donors (Lipinski definition) is 0. The van der Waals surface area contributed by atoms with Gasteiger partial charge in [-0.3, -0.25) is 14.5 Å². The third-order valence-corrected chi connectivity index (χ3v) is 5.35. The second-order valence-electron chi connectivity index (χ2n) is 6.81. The lowest BCUT2D eigenvalue weighted by Crippen LogP contribution is -2.44. The summed E-state index contributed by atoms with van der Waals surface area (Å²) < 4.78 is 10.6. The summed E-state index contributed by atoms with van der Waals surface area (Å²) in [5.74, 6) is 0.630. The highest BCUT2D eigenvalue weighted by Gasteiger charge is 2.44. The third-order valence-electron chi connectivity index (χ3n) is 5.35. The van der Waals surface area contributed by atoms with Gasteiger partial charge in [0, 0.05) is 19.2 Å². The zero-order valence-electron chi connectivity index (χ0n) is 15.5. The van der Waals surface area contributed by atoms with Gasteiger partial charge in [0.2, 0.25) is 5.91 Å². The van der Waals surface area contributed by atoms with Gasteiger partial charge in [-0.2, -0.15) is 0 Å². The summed E-state index contributed by atoms with van der Waals surface area (Å²) in [5, 5.41) is 0. The van der Waals surface area contributed by atoms with Gasteiger partial charge in [0.05, 0.1) is 32.4 Å². The van der Waals surface area contributed by atoms with Crippen molar-refractivity contribution in [2.75, 3.05) is 25.7 Å². The first-order valence-corrected chi connectivity index (χ1v) is 9.02. The van der Waals surface area contributed by atoms with Crippen LogP contribution in [0.1, 0.15) is 17.5 Å². The van der Waals surface area contributed by atoms with Crippen LogP contribution in [0, 0.1) is 0 Å². The highest BCUT2D eigenvalue weighted by atomic mass is 16.5. The Kier molecular flexibility index (Phi) is 4.58. The van der Waals surface area contributed by atoms with E-state index in [-0.39, 0.29) is 18.2 Å². The standard InChI is InChI=1S/C21H22N2O4/c1-26-16-7-8-19(27-2)17(11-16)23-20(24)12-18(21(23)25)22-10-9-14-5-3-4-6-15(14)13-22/h3-8,11,18H,9-10,12-13H2,1-2H3/t18-/m1/s1. The molecule has 2 heterocycles. The molecule has 0 radical (unpaired) electrons. The van der Waals surface area contributed by atoms with Crippen LogP contribution >= 0.6 is 0 Å². The van der Waals surface area contributed by atoms with Crippen LogP contribution < -0.4 is 14.4 Å². The molecule has 2 aromatic rings. The first-order valence-electron chi connectivity index (χ1n) is 9.02. The molecule has 0 bridgehead atoms. The quantitative estimate of drug-likeness (QED) is 0.778. The van der Waals surface area contributed by atoms with Crippen LogP contribution in [0.25, 0.3) is 0 Å². The Morgan fingerprint density at radius 3 is 2.52 bits per heavy atom. The van der Waals surface area contributed by atoms with E-state index in [2.05, 4.69) is 17.0 Å². The molecule has 2 aliphatic heterocycles. The van der Waals surface area contributed by atoms with Gasteiger partial charge in [-0.25, -0.2) is 4.90 Å². The molecule has 0 aromatic heterocycles. The normalized spacial score (nSPS) is 19.9. The predicted molar refractivity (Wildman–Crippen MR) is 101 cm³/mol. The molecule has 6 heteroatoms. The lowest BCUT2D eigenvalue weighted by Gasteiger charge is -2.32. The zero-order valence-corrected chi connectivity index (χ0v) is 15.5. The minimum Gasteiger partial charge on any atom is -0.497 e. The van der Waals surface area contributed by atoms with Crippen molar-refractivity contribution in [1.82, 2.24) is 4.90 Å². The van der Waals surface area contributed by atoms with E-state index in [1.807, 2.05) is 12.1 Å². The monoisotopic (exact) mass is 366 g/mol. The molecule has 27 heavy (non-hydrogen) atoms. The van der Waals surface area contributed by atoms with E-state index in [4.69, 9.17) is 9.47 Å². The molecule has 4 rings (SSSR count). The average molecular weight is 366 g/mol. The van der Waals surface area contributed by atoms with Crippen molar-refractivity contribution in [3.63, 3.8) is 0 Å². The van der Waals surface area contributed by atoms with E-state index < -0.39 is 6.04 Å². The summed E-state index contributed by atoms with van der Waals surface area (Å²) in [5.41, 5.74) is 2.98. The van der Waals surface area contributed by atoms with E-state index in [9.17, 15) is 9.59 Å². The highest BCUT2D eigenvalue weighted by Crippen LogP contribution is 2.37. The van der Waals surface area contributed by atoms with Crippen molar-refractivity contribution >= 4 is 17.5 Å². The van der Waals surface area contributed by atoms with E-state index in [0.717, 1.165) is 13.0 Å². The van der Waals surface area contributed by atoms with Crippen molar-refractivity contribution in [3.05, 3.63) is 53.6 Å². The number of hydrogen-bond acceptors (Lipinski definition) is 5. The summed E-state index contributed by atoms with van der Waals surface area (Å²) in [4.78, 5) is 29.2. The topological polar surface area (TPSA) is 59.1 Å². The number of nitrogens with zero attached hydrogens (tertiary/aromatic N) is 2. The molecule has 2 aromatic carbocycles. The Balaban J connectivity index is 1.62. The number of methoxy groups -OCH3 is 2. The van der Waals surface area contributed by atoms with Crippen LogP contribution in [0.2, 0.25) is 0 Å². The molecular formula is C21H22N2O4. The molecule has 1 atom stereocenters. The molecule has 2 amide bonds. The molecule has 140 valence electrons. The lowest BCUT2D eigenvalue weighted by molar-refractivity contribution is -0.123. The van der Waals surface area contributed by atoms with Crippen LogP contribution in [-0.2, 0) is 22.6 Å². The van der Waals surface area contributed by atoms with Gasteiger partial charge < -0.3 is 9.47 Å². The van der Waals surface area contributed by atoms with Gasteiger partial charge in [0.1, 0.15) is 11.5 Å². The largest absolute Gasteiger partial charge is 0.497 e. The number of ether oxygens (including phenoxy) is 2. The van der Waals surface area contributed by atoms with Crippen LogP contribution in [0.4, 0.5) is 5.69 Å². The van der Waals surface area contributed by atoms with Gasteiger partial charge in [-0.15, -0.1) is 0 Å². The van der Waals surface area contributed by atoms with Gasteiger partial charge in [-0.1, -0.05) is 24.3 Å². The zero-order chi connectivity index (χ0) is 19.0. The van der Waals surface area contributed by atoms with Crippen molar-refractivity contribution in [3.8, 4) is 11.5 Å². The maximum absolute atomic E-state index is 13.2. The van der Waals surface area contributed by atoms with Gasteiger partial charge in [0.15, 0.2) is 0 Å². The van der Waals surface area contributed by atoms with Gasteiger partial charge in [-0.05, 0) is 29.7 Å². The summed E-state index contributed by atoms with van der Waals surface area (Å²) in [6.07, 6.45) is 1.07. The summed E-state index contributed by atoms with van der Waals surface area (Å²) in [6, 6.07) is 12.9. The average Bonchev–Trinajstić information content (AvgIpc) is 3.01. The lowest BCUT2D eigenvalue weighted by atomic mass is 9.98. The molecule has 0 unspecified atom stereocenters. The summed E-state index contributed by atoms with van der Waals surface area (Å²) in [7, 11) is 3.07. The smallest absolute Gasteiger partial charge is 0.251 e. The molecule has 6 nitrogen and oxygen atoms in total. The Bertz CT molecular complexity index is 896. The fraction of sp³-hybridized carbons (Fsp3) is 0.333. The summed E-state index contributed by atoms with van der Waals surface area (Å²) in [6.45, 7) is 1.45. The van der Waals surface area contributed by atoms with Gasteiger partial charge in [0.25, 0.3) is 5.91 Å². The molecule has 0 spiro atoms. The van der Waals surface area contributed by atoms with E-state index >= 15 is 0 Å². The molecule has 0 aliphatic carbocycles. The molecule has 0 saturated carbocycles. The summed E-state index contributed by atoms with van der Waals surface area (Å²) >= 11 is 0. The maximum atomic E-state index is 13.2. The Hall–Kier alpha value is -2.86. The first-order chi connectivity index (χ1) is 13.1. The fourth-order valence-electron chi connectivity index (χ4n) is 3.91. The Labute approximate surface area is 158 Å². The molecule has 0 N–H and O–H groups in total. The minimum atomic E-state index is -0.443. The number of benzene rings is 2. The van der Waals surface area contributed by atoms with E-state index in [0.29, 0.717) is 23.7 Å². The number of rotatable bonds is 4. The number of imide groups is 1. The Morgan fingerprint density at radius 1 is 1.00 bits per heavy atom. The van der Waals surface area contributed by atoms with Crippen molar-refractivity contribution < 1.29 is 19.1 Å². The number of fused-ring (bicyclic) bond motifs is 1. The maximum Gasteiger partial charge on any atom is 0.251 e. The first kappa shape index (κ1) is 17.5. The molecule has 1 fully saturated rings. The molecule has 2 aliphatic rings. The number of carbonyl (C=O) groups is 2. The van der Waals surface area contributed by atoms with Crippen molar-refractivity contribution in [2.45, 2.75) is 25.4 Å². The Morgan fingerprint density at radius 2 is 1.78 bits per heavy atom. The van der Waals surface area contributed by atoms with Crippen LogP contribution in [0.3, 0.4) is 0 Å². The number of amides is 2. The second kappa shape index (κ2) is 7.04. The number of carbonyl (C=O) groups excluding carboxylic acids is 2. The second-order valence-corrected chi connectivity index (χ2v) is 6.81. The van der Waals surface area contributed by atoms with Crippen LogP contribution in [0.15, 0.2) is 42.5 Å². The van der Waals surface area contributed by atoms with Crippen LogP contribution in [-0.4, -0.2) is 43.5 Å². The van der Waals surface area contributed by atoms with Crippen molar-refractivity contribution in [1.29, 1.82) is 0 Å². The van der Waals surface area contributed by atoms with Crippen molar-refractivity contribution in [2.24, 2.45) is 0 Å². The minimum absolute atomic E-state index is 0.182. The molecular weight excluding hydrogens is 344 g/mol.